The lowest BCUT2D eigenvalue weighted by Crippen LogP contribution is -2.10. The molecule has 0 aliphatic rings. The van der Waals surface area contributed by atoms with Crippen LogP contribution in [0.25, 0.3) is 10.9 Å². The van der Waals surface area contributed by atoms with E-state index in [4.69, 9.17) is 16.3 Å². The smallest absolute Gasteiger partial charge is 0.310 e. The van der Waals surface area contributed by atoms with Gasteiger partial charge in [0, 0.05) is 26.9 Å². The molecule has 0 saturated carbocycles. The van der Waals surface area contributed by atoms with Crippen molar-refractivity contribution in [3.8, 4) is 5.75 Å². The molecule has 0 fully saturated rings. The quantitative estimate of drug-likeness (QED) is 0.482. The number of ketones is 1. The van der Waals surface area contributed by atoms with Crippen molar-refractivity contribution in [3.05, 3.63) is 63.2 Å². The summed E-state index contributed by atoms with van der Waals surface area (Å²) in [5.74, 6) is -0.435. The third-order valence-electron chi connectivity index (χ3n) is 3.53. The second-order valence-electron chi connectivity index (χ2n) is 5.19. The van der Waals surface area contributed by atoms with Crippen LogP contribution in [0.5, 0.6) is 5.75 Å². The van der Waals surface area contributed by atoms with E-state index in [2.05, 4.69) is 20.9 Å². The van der Waals surface area contributed by atoms with Crippen LogP contribution in [0.4, 0.5) is 0 Å². The number of esters is 1. The largest absolute Gasteiger partial charge is 0.423 e. The number of hydrogen-bond donors (Lipinski definition) is 1. The number of fused-ring (bicyclic) bond motifs is 1. The normalized spacial score (nSPS) is 10.8. The lowest BCUT2D eigenvalue weighted by molar-refractivity contribution is -0.133. The molecule has 0 aliphatic heterocycles. The van der Waals surface area contributed by atoms with Crippen molar-refractivity contribution in [3.63, 3.8) is 0 Å². The fourth-order valence-electron chi connectivity index (χ4n) is 2.37. The van der Waals surface area contributed by atoms with E-state index in [0.717, 1.165) is 4.47 Å². The van der Waals surface area contributed by atoms with Crippen molar-refractivity contribution in [2.45, 2.75) is 13.3 Å². The summed E-state index contributed by atoms with van der Waals surface area (Å²) >= 11 is 9.36. The van der Waals surface area contributed by atoms with Crippen molar-refractivity contribution in [2.24, 2.45) is 0 Å². The number of nitrogens with one attached hydrogen (secondary N) is 1. The average molecular weight is 407 g/mol. The van der Waals surface area contributed by atoms with Crippen LogP contribution in [0.2, 0.25) is 5.02 Å². The van der Waals surface area contributed by atoms with E-state index in [1.54, 1.807) is 43.3 Å². The third-order valence-corrected chi connectivity index (χ3v) is 4.26. The minimum atomic E-state index is -0.408. The van der Waals surface area contributed by atoms with E-state index < -0.39 is 5.97 Å². The molecule has 0 bridgehead atoms. The Labute approximate surface area is 151 Å². The van der Waals surface area contributed by atoms with Gasteiger partial charge in [-0.25, -0.2) is 0 Å². The highest BCUT2D eigenvalue weighted by molar-refractivity contribution is 9.10. The lowest BCUT2D eigenvalue weighted by atomic mass is 10.1. The molecule has 2 aromatic carbocycles. The zero-order chi connectivity index (χ0) is 17.3. The highest BCUT2D eigenvalue weighted by Crippen LogP contribution is 2.33. The summed E-state index contributed by atoms with van der Waals surface area (Å²) in [4.78, 5) is 27.7. The fraction of sp³-hybridized carbons (Fsp3) is 0.111. The molecule has 0 radical (unpaired) electrons. The molecule has 4 nitrogen and oxygen atoms in total. The van der Waals surface area contributed by atoms with Crippen molar-refractivity contribution >= 4 is 50.2 Å². The van der Waals surface area contributed by atoms with Crippen molar-refractivity contribution < 1.29 is 14.3 Å². The molecule has 1 N–H and O–H groups in total. The van der Waals surface area contributed by atoms with Gasteiger partial charge in [0.25, 0.3) is 0 Å². The molecule has 0 amide bonds. The zero-order valence-electron chi connectivity index (χ0n) is 12.7. The number of aromatic nitrogens is 1. The number of benzene rings is 2. The predicted octanol–water partition coefficient (Wildman–Crippen LogP) is 5.13. The van der Waals surface area contributed by atoms with Gasteiger partial charge in [-0.05, 0) is 30.3 Å². The van der Waals surface area contributed by atoms with Gasteiger partial charge < -0.3 is 9.72 Å². The number of carbonyl (C=O) groups excluding carboxylic acids is 2. The Morgan fingerprint density at radius 2 is 2.00 bits per heavy atom. The summed E-state index contributed by atoms with van der Waals surface area (Å²) in [5, 5.41) is 1.16. The van der Waals surface area contributed by atoms with Gasteiger partial charge in [0.2, 0.25) is 5.78 Å². The van der Waals surface area contributed by atoms with Crippen LogP contribution in [0.1, 0.15) is 29.4 Å². The molecule has 1 aromatic heterocycles. The van der Waals surface area contributed by atoms with E-state index in [1.807, 2.05) is 6.07 Å². The van der Waals surface area contributed by atoms with E-state index in [-0.39, 0.29) is 23.6 Å². The van der Waals surface area contributed by atoms with Crippen molar-refractivity contribution in [1.29, 1.82) is 0 Å². The standard InChI is InChI=1S/C18H13BrClNO3/c1-2-15(22)24-18-13-7-6-12(20)9-14(13)21-16(18)17(23)10-4-3-5-11(19)8-10/h3-9,21H,2H2,1H3. The second-order valence-corrected chi connectivity index (χ2v) is 6.54. The van der Waals surface area contributed by atoms with Crippen LogP contribution in [0.15, 0.2) is 46.9 Å². The van der Waals surface area contributed by atoms with Gasteiger partial charge in [-0.15, -0.1) is 0 Å². The van der Waals surface area contributed by atoms with Gasteiger partial charge in [-0.2, -0.15) is 0 Å². The van der Waals surface area contributed by atoms with Gasteiger partial charge in [-0.3, -0.25) is 9.59 Å². The lowest BCUT2D eigenvalue weighted by Gasteiger charge is -2.05. The zero-order valence-corrected chi connectivity index (χ0v) is 15.1. The molecule has 3 aromatic rings. The predicted molar refractivity (Wildman–Crippen MR) is 96.8 cm³/mol. The van der Waals surface area contributed by atoms with Crippen LogP contribution in [0, 0.1) is 0 Å². The molecular formula is C18H13BrClNO3. The molecular weight excluding hydrogens is 394 g/mol. The van der Waals surface area contributed by atoms with Gasteiger partial charge in [0.05, 0.1) is 5.52 Å². The van der Waals surface area contributed by atoms with Crippen LogP contribution < -0.4 is 4.74 Å². The van der Waals surface area contributed by atoms with Crippen LogP contribution in [0.3, 0.4) is 0 Å². The second kappa shape index (κ2) is 6.79. The number of rotatable bonds is 4. The Morgan fingerprint density at radius 3 is 2.71 bits per heavy atom. The number of carbonyl (C=O) groups is 2. The van der Waals surface area contributed by atoms with E-state index in [0.29, 0.717) is 21.5 Å². The molecule has 1 heterocycles. The van der Waals surface area contributed by atoms with E-state index >= 15 is 0 Å². The number of aromatic amines is 1. The number of H-pyrrole nitrogens is 1. The molecule has 3 rings (SSSR count). The molecule has 0 saturated heterocycles. The third kappa shape index (κ3) is 3.23. The summed E-state index contributed by atoms with van der Waals surface area (Å²) < 4.78 is 6.21. The first kappa shape index (κ1) is 16.7. The molecule has 0 unspecified atom stereocenters. The summed E-state index contributed by atoms with van der Waals surface area (Å²) in [6, 6.07) is 12.1. The first-order chi connectivity index (χ1) is 11.5. The number of hydrogen-bond acceptors (Lipinski definition) is 3. The van der Waals surface area contributed by atoms with Gasteiger partial charge >= 0.3 is 5.97 Å². The van der Waals surface area contributed by atoms with Gasteiger partial charge in [0.15, 0.2) is 5.75 Å². The fourth-order valence-corrected chi connectivity index (χ4v) is 2.94. The molecule has 0 aliphatic carbocycles. The van der Waals surface area contributed by atoms with Crippen molar-refractivity contribution in [2.75, 3.05) is 0 Å². The summed E-state index contributed by atoms with van der Waals surface area (Å²) in [7, 11) is 0. The maximum atomic E-state index is 12.9. The molecule has 24 heavy (non-hydrogen) atoms. The Morgan fingerprint density at radius 1 is 1.21 bits per heavy atom. The first-order valence-corrected chi connectivity index (χ1v) is 8.49. The Kier molecular flexibility index (Phi) is 4.73. The van der Waals surface area contributed by atoms with Gasteiger partial charge in [0.1, 0.15) is 5.69 Å². The summed E-state index contributed by atoms with van der Waals surface area (Å²) in [6.45, 7) is 1.70. The maximum absolute atomic E-state index is 12.9. The van der Waals surface area contributed by atoms with Crippen molar-refractivity contribution in [1.82, 2.24) is 4.98 Å². The SMILES string of the molecule is CCC(=O)Oc1c(C(=O)c2cccc(Br)c2)[nH]c2cc(Cl)ccc12. The number of halogens is 2. The maximum Gasteiger partial charge on any atom is 0.310 e. The Balaban J connectivity index is 2.16. The number of ether oxygens (including phenoxy) is 1. The van der Waals surface area contributed by atoms with Crippen LogP contribution in [-0.2, 0) is 4.79 Å². The minimum absolute atomic E-state index is 0.213. The molecule has 0 atom stereocenters. The van der Waals surface area contributed by atoms with Gasteiger partial charge in [-0.1, -0.05) is 46.6 Å². The highest BCUT2D eigenvalue weighted by atomic mass is 79.9. The Hall–Kier alpha value is -2.11. The highest BCUT2D eigenvalue weighted by Gasteiger charge is 2.22. The average Bonchev–Trinajstić information content (AvgIpc) is 2.91. The van der Waals surface area contributed by atoms with Crippen LogP contribution >= 0.6 is 27.5 Å². The van der Waals surface area contributed by atoms with Crippen LogP contribution in [-0.4, -0.2) is 16.7 Å². The Bertz CT molecular complexity index is 949. The minimum Gasteiger partial charge on any atom is -0.423 e. The first-order valence-electron chi connectivity index (χ1n) is 7.31. The van der Waals surface area contributed by atoms with E-state index in [9.17, 15) is 9.59 Å². The summed E-state index contributed by atoms with van der Waals surface area (Å²) in [6.07, 6.45) is 0.213. The topological polar surface area (TPSA) is 59.2 Å². The summed E-state index contributed by atoms with van der Waals surface area (Å²) in [5.41, 5.74) is 1.35. The molecule has 6 heteroatoms. The molecule has 0 spiro atoms. The molecule has 122 valence electrons. The monoisotopic (exact) mass is 405 g/mol. The van der Waals surface area contributed by atoms with E-state index in [1.165, 1.54) is 0 Å².